The summed E-state index contributed by atoms with van der Waals surface area (Å²) in [6.07, 6.45) is 6.22. The molecule has 4 heterocycles. The van der Waals surface area contributed by atoms with Gasteiger partial charge in [0, 0.05) is 48.8 Å². The summed E-state index contributed by atoms with van der Waals surface area (Å²) >= 11 is 0. The van der Waals surface area contributed by atoms with Gasteiger partial charge in [0.25, 0.3) is 0 Å². The SMILES string of the molecule is O=C1OCCCc2c[nH]c3ccc(cc23)N2CCOC(CCC(=O)N3CCCC1N3)C2. The van der Waals surface area contributed by atoms with Crippen molar-refractivity contribution in [3.05, 3.63) is 30.0 Å². The molecule has 2 aromatic rings. The molecule has 2 N–H and O–H groups in total. The van der Waals surface area contributed by atoms with Crippen molar-refractivity contribution >= 4 is 28.5 Å². The maximum atomic E-state index is 12.7. The fourth-order valence-electron chi connectivity index (χ4n) is 4.79. The Balaban J connectivity index is 1.39. The van der Waals surface area contributed by atoms with Crippen LogP contribution in [0.3, 0.4) is 0 Å². The van der Waals surface area contributed by atoms with Gasteiger partial charge < -0.3 is 19.4 Å². The van der Waals surface area contributed by atoms with E-state index in [0.717, 1.165) is 37.9 Å². The lowest BCUT2D eigenvalue weighted by atomic mass is 10.1. The summed E-state index contributed by atoms with van der Waals surface area (Å²) in [5.74, 6) is -0.260. The predicted molar refractivity (Wildman–Crippen MR) is 117 cm³/mol. The first-order chi connectivity index (χ1) is 15.2. The number of aryl methyl sites for hydroxylation is 1. The highest BCUT2D eigenvalue weighted by Crippen LogP contribution is 2.27. The van der Waals surface area contributed by atoms with Crippen molar-refractivity contribution in [1.82, 2.24) is 15.4 Å². The number of rotatable bonds is 0. The van der Waals surface area contributed by atoms with Gasteiger partial charge in [-0.25, -0.2) is 5.43 Å². The highest BCUT2D eigenvalue weighted by Gasteiger charge is 2.30. The van der Waals surface area contributed by atoms with Crippen LogP contribution >= 0.6 is 0 Å². The molecule has 1 aromatic carbocycles. The molecule has 8 nitrogen and oxygen atoms in total. The molecule has 0 saturated carbocycles. The highest BCUT2D eigenvalue weighted by molar-refractivity contribution is 5.86. The van der Waals surface area contributed by atoms with Gasteiger partial charge in [-0.05, 0) is 55.9 Å². The Kier molecular flexibility index (Phi) is 5.82. The molecule has 1 aromatic heterocycles. The normalized spacial score (nSPS) is 25.9. The number of benzene rings is 1. The van der Waals surface area contributed by atoms with Crippen LogP contribution in [0.2, 0.25) is 0 Å². The number of cyclic esters (lactones) is 1. The Morgan fingerprint density at radius 3 is 2.90 bits per heavy atom. The van der Waals surface area contributed by atoms with E-state index in [4.69, 9.17) is 9.47 Å². The number of ether oxygens (including phenoxy) is 2. The Bertz CT molecular complexity index is 958. The average molecular weight is 427 g/mol. The number of hydrogen-bond acceptors (Lipinski definition) is 6. The quantitative estimate of drug-likeness (QED) is 0.628. The van der Waals surface area contributed by atoms with E-state index < -0.39 is 6.04 Å². The van der Waals surface area contributed by atoms with E-state index in [1.54, 1.807) is 5.01 Å². The first-order valence-corrected chi connectivity index (χ1v) is 11.4. The van der Waals surface area contributed by atoms with Crippen molar-refractivity contribution in [2.24, 2.45) is 0 Å². The summed E-state index contributed by atoms with van der Waals surface area (Å²) in [7, 11) is 0. The Morgan fingerprint density at radius 1 is 1.03 bits per heavy atom. The van der Waals surface area contributed by atoms with Crippen LogP contribution < -0.4 is 10.3 Å². The fraction of sp³-hybridized carbons (Fsp3) is 0.565. The molecule has 0 aliphatic carbocycles. The molecule has 2 saturated heterocycles. The van der Waals surface area contributed by atoms with Gasteiger partial charge in [0.1, 0.15) is 6.04 Å². The topological polar surface area (TPSA) is 86.9 Å². The number of aromatic amines is 1. The maximum Gasteiger partial charge on any atom is 0.324 e. The van der Waals surface area contributed by atoms with Crippen LogP contribution in [0.1, 0.15) is 37.7 Å². The Labute approximate surface area is 181 Å². The van der Waals surface area contributed by atoms with Gasteiger partial charge >= 0.3 is 5.97 Å². The second-order valence-corrected chi connectivity index (χ2v) is 8.66. The molecule has 6 bridgehead atoms. The van der Waals surface area contributed by atoms with Crippen LogP contribution in [0.15, 0.2) is 24.4 Å². The lowest BCUT2D eigenvalue weighted by molar-refractivity contribution is -0.152. The van der Waals surface area contributed by atoms with Crippen molar-refractivity contribution in [2.45, 2.75) is 50.7 Å². The molecule has 3 aliphatic heterocycles. The number of fused-ring (bicyclic) bond motifs is 6. The standard InChI is InChI=1S/C23H30N4O4/c28-22-8-6-18-15-26(10-12-30-18)17-5-7-20-19(13-17)16(14-24-20)3-2-11-31-23(29)21-4-1-9-27(22)25-21/h5,7,13-14,18,21,24-25H,1-4,6,8-12,15H2. The summed E-state index contributed by atoms with van der Waals surface area (Å²) in [5.41, 5.74) is 6.62. The second-order valence-electron chi connectivity index (χ2n) is 8.66. The van der Waals surface area contributed by atoms with Crippen molar-refractivity contribution < 1.29 is 19.1 Å². The zero-order chi connectivity index (χ0) is 21.2. The molecule has 0 radical (unpaired) electrons. The van der Waals surface area contributed by atoms with Crippen molar-refractivity contribution in [2.75, 3.05) is 37.7 Å². The molecule has 5 rings (SSSR count). The largest absolute Gasteiger partial charge is 0.464 e. The summed E-state index contributed by atoms with van der Waals surface area (Å²) in [4.78, 5) is 30.9. The van der Waals surface area contributed by atoms with Crippen molar-refractivity contribution in [3.63, 3.8) is 0 Å². The van der Waals surface area contributed by atoms with Gasteiger partial charge in [0.15, 0.2) is 0 Å². The molecule has 3 aliphatic rings. The predicted octanol–water partition coefficient (Wildman–Crippen LogP) is 2.14. The Morgan fingerprint density at radius 2 is 1.97 bits per heavy atom. The number of esters is 1. The molecule has 2 unspecified atom stereocenters. The minimum atomic E-state index is -0.450. The number of nitrogens with zero attached hydrogens (tertiary/aromatic N) is 2. The van der Waals surface area contributed by atoms with E-state index in [1.807, 2.05) is 0 Å². The molecular weight excluding hydrogens is 396 g/mol. The number of aromatic nitrogens is 1. The lowest BCUT2D eigenvalue weighted by Crippen LogP contribution is -2.55. The number of H-pyrrole nitrogens is 1. The molecule has 2 atom stereocenters. The third-order valence-electron chi connectivity index (χ3n) is 6.54. The van der Waals surface area contributed by atoms with E-state index in [9.17, 15) is 9.59 Å². The van der Waals surface area contributed by atoms with Crippen molar-refractivity contribution in [1.29, 1.82) is 0 Å². The molecule has 0 spiro atoms. The van der Waals surface area contributed by atoms with Crippen LogP contribution in [-0.2, 0) is 25.5 Å². The number of morpholine rings is 1. The lowest BCUT2D eigenvalue weighted by Gasteiger charge is -2.36. The fourth-order valence-corrected chi connectivity index (χ4v) is 4.79. The van der Waals surface area contributed by atoms with E-state index in [2.05, 4.69) is 39.7 Å². The monoisotopic (exact) mass is 426 g/mol. The molecule has 166 valence electrons. The maximum absolute atomic E-state index is 12.7. The zero-order valence-electron chi connectivity index (χ0n) is 17.8. The van der Waals surface area contributed by atoms with Gasteiger partial charge in [-0.2, -0.15) is 0 Å². The minimum Gasteiger partial charge on any atom is -0.464 e. The van der Waals surface area contributed by atoms with Crippen LogP contribution in [0.25, 0.3) is 10.9 Å². The summed E-state index contributed by atoms with van der Waals surface area (Å²) in [6, 6.07) is 6.06. The van der Waals surface area contributed by atoms with E-state index in [-0.39, 0.29) is 18.0 Å². The van der Waals surface area contributed by atoms with Crippen LogP contribution in [0, 0.1) is 0 Å². The number of hydrazine groups is 1. The van der Waals surface area contributed by atoms with Gasteiger partial charge in [-0.1, -0.05) is 0 Å². The van der Waals surface area contributed by atoms with Gasteiger partial charge in [0.05, 0.1) is 19.3 Å². The zero-order valence-corrected chi connectivity index (χ0v) is 17.8. The number of carbonyl (C=O) groups is 2. The summed E-state index contributed by atoms with van der Waals surface area (Å²) < 4.78 is 11.5. The smallest absolute Gasteiger partial charge is 0.324 e. The van der Waals surface area contributed by atoms with E-state index in [0.29, 0.717) is 39.0 Å². The minimum absolute atomic E-state index is 0.0118. The molecule has 1 amide bonds. The van der Waals surface area contributed by atoms with Crippen molar-refractivity contribution in [3.8, 4) is 0 Å². The van der Waals surface area contributed by atoms with Crippen LogP contribution in [0.4, 0.5) is 5.69 Å². The summed E-state index contributed by atoms with van der Waals surface area (Å²) in [5, 5.41) is 2.81. The van der Waals surface area contributed by atoms with Gasteiger partial charge in [0.2, 0.25) is 5.91 Å². The van der Waals surface area contributed by atoms with Crippen LogP contribution in [0.5, 0.6) is 0 Å². The second kappa shape index (κ2) is 8.88. The number of amides is 1. The third kappa shape index (κ3) is 4.41. The first kappa shape index (κ1) is 20.3. The van der Waals surface area contributed by atoms with E-state index in [1.165, 1.54) is 16.6 Å². The number of anilines is 1. The molecule has 8 heteroatoms. The Hall–Kier alpha value is -2.58. The average Bonchev–Trinajstić information content (AvgIpc) is 3.22. The van der Waals surface area contributed by atoms with Crippen LogP contribution in [-0.4, -0.2) is 66.9 Å². The van der Waals surface area contributed by atoms with E-state index >= 15 is 0 Å². The van der Waals surface area contributed by atoms with Gasteiger partial charge in [-0.15, -0.1) is 0 Å². The first-order valence-electron chi connectivity index (χ1n) is 11.4. The highest BCUT2D eigenvalue weighted by atomic mass is 16.5. The number of nitrogens with one attached hydrogen (secondary N) is 2. The summed E-state index contributed by atoms with van der Waals surface area (Å²) in [6.45, 7) is 3.29. The molecular formula is C23H30N4O4. The molecule has 2 fully saturated rings. The van der Waals surface area contributed by atoms with Gasteiger partial charge in [-0.3, -0.25) is 14.6 Å². The number of carbonyl (C=O) groups excluding carboxylic acids is 2. The third-order valence-corrected chi connectivity index (χ3v) is 6.54. The number of hydrogen-bond donors (Lipinski definition) is 2. The molecule has 31 heavy (non-hydrogen) atoms.